The summed E-state index contributed by atoms with van der Waals surface area (Å²) in [4.78, 5) is 12.0. The third-order valence-corrected chi connectivity index (χ3v) is 2.42. The molecule has 1 aromatic carbocycles. The lowest BCUT2D eigenvalue weighted by Crippen LogP contribution is -2.46. The summed E-state index contributed by atoms with van der Waals surface area (Å²) in [7, 11) is 0. The van der Waals surface area contributed by atoms with Crippen molar-refractivity contribution in [1.29, 1.82) is 0 Å². The molecule has 1 aromatic rings. The third kappa shape index (κ3) is 3.95. The highest BCUT2D eigenvalue weighted by Gasteiger charge is 2.20. The molecule has 0 aliphatic carbocycles. The largest absolute Gasteiger partial charge is 0.303 e. The minimum absolute atomic E-state index is 0.0680. The van der Waals surface area contributed by atoms with E-state index in [1.807, 2.05) is 27.7 Å². The van der Waals surface area contributed by atoms with Crippen LogP contribution < -0.4 is 5.32 Å². The Balaban J connectivity index is 2.74. The first-order chi connectivity index (χ1) is 7.29. The Morgan fingerprint density at radius 1 is 1.25 bits per heavy atom. The maximum absolute atomic E-state index is 12.0. The Labute approximate surface area is 102 Å². The van der Waals surface area contributed by atoms with E-state index in [-0.39, 0.29) is 17.4 Å². The first-order valence-corrected chi connectivity index (χ1v) is 5.75. The topological polar surface area (TPSA) is 29.1 Å². The van der Waals surface area contributed by atoms with Crippen LogP contribution in [-0.2, 0) is 0 Å². The van der Waals surface area contributed by atoms with Gasteiger partial charge in [0, 0.05) is 16.1 Å². The van der Waals surface area contributed by atoms with Crippen LogP contribution in [0.4, 0.5) is 0 Å². The van der Waals surface area contributed by atoms with Gasteiger partial charge in [0.15, 0.2) is 5.78 Å². The molecule has 2 nitrogen and oxygen atoms in total. The van der Waals surface area contributed by atoms with Crippen molar-refractivity contribution < 1.29 is 4.79 Å². The molecule has 0 saturated heterocycles. The zero-order valence-electron chi connectivity index (χ0n) is 10.2. The van der Waals surface area contributed by atoms with Crippen LogP contribution in [0.15, 0.2) is 24.3 Å². The van der Waals surface area contributed by atoms with Crippen LogP contribution in [0.1, 0.15) is 38.1 Å². The molecule has 0 aliphatic heterocycles. The van der Waals surface area contributed by atoms with Crippen LogP contribution in [-0.4, -0.2) is 17.4 Å². The Hall–Kier alpha value is -0.860. The van der Waals surface area contributed by atoms with Crippen LogP contribution in [0.3, 0.4) is 0 Å². The Morgan fingerprint density at radius 3 is 2.19 bits per heavy atom. The van der Waals surface area contributed by atoms with Gasteiger partial charge in [0.2, 0.25) is 0 Å². The average molecular weight is 240 g/mol. The van der Waals surface area contributed by atoms with E-state index >= 15 is 0 Å². The van der Waals surface area contributed by atoms with Gasteiger partial charge in [-0.05, 0) is 52.0 Å². The van der Waals surface area contributed by atoms with E-state index in [1.165, 1.54) is 0 Å². The molecule has 0 aromatic heterocycles. The number of carbonyl (C=O) groups is 1. The zero-order chi connectivity index (χ0) is 12.3. The number of carbonyl (C=O) groups excluding carboxylic acids is 1. The molecule has 0 spiro atoms. The summed E-state index contributed by atoms with van der Waals surface area (Å²) < 4.78 is 0. The summed E-state index contributed by atoms with van der Waals surface area (Å²) in [6.07, 6.45) is 0. The molecule has 3 heteroatoms. The number of rotatable bonds is 3. The highest BCUT2D eigenvalue weighted by atomic mass is 35.5. The molecule has 0 amide bonds. The van der Waals surface area contributed by atoms with Crippen LogP contribution >= 0.6 is 11.6 Å². The lowest BCUT2D eigenvalue weighted by molar-refractivity contribution is 0.0936. The van der Waals surface area contributed by atoms with E-state index in [0.717, 1.165) is 0 Å². The summed E-state index contributed by atoms with van der Waals surface area (Å²) in [6, 6.07) is 6.79. The molecule has 0 unspecified atom stereocenters. The van der Waals surface area contributed by atoms with E-state index in [2.05, 4.69) is 5.32 Å². The molecule has 0 heterocycles. The van der Waals surface area contributed by atoms with Crippen LogP contribution in [0.2, 0.25) is 5.02 Å². The fourth-order valence-corrected chi connectivity index (χ4v) is 1.71. The lowest BCUT2D eigenvalue weighted by Gasteiger charge is -2.25. The number of ketones is 1. The van der Waals surface area contributed by atoms with Crippen molar-refractivity contribution in [3.63, 3.8) is 0 Å². The van der Waals surface area contributed by atoms with E-state index < -0.39 is 0 Å². The third-order valence-electron chi connectivity index (χ3n) is 2.17. The lowest BCUT2D eigenvalue weighted by atomic mass is 10.0. The standard InChI is InChI=1S/C13H18ClNO/c1-9(15-13(2,3)4)12(16)10-5-7-11(14)8-6-10/h5-9,15H,1-4H3/t9-/m0/s1. The summed E-state index contributed by atoms with van der Waals surface area (Å²) in [5.74, 6) is 0.0894. The first kappa shape index (κ1) is 13.2. The molecule has 0 bridgehead atoms. The number of halogens is 1. The van der Waals surface area contributed by atoms with E-state index in [9.17, 15) is 4.79 Å². The highest BCUT2D eigenvalue weighted by Crippen LogP contribution is 2.12. The van der Waals surface area contributed by atoms with Crippen LogP contribution in [0, 0.1) is 0 Å². The van der Waals surface area contributed by atoms with E-state index in [4.69, 9.17) is 11.6 Å². The number of hydrogen-bond acceptors (Lipinski definition) is 2. The summed E-state index contributed by atoms with van der Waals surface area (Å²) in [5, 5.41) is 3.90. The molecule has 0 aliphatic rings. The van der Waals surface area contributed by atoms with Gasteiger partial charge >= 0.3 is 0 Å². The Bertz CT molecular complexity index is 365. The minimum Gasteiger partial charge on any atom is -0.303 e. The smallest absolute Gasteiger partial charge is 0.179 e. The van der Waals surface area contributed by atoms with Crippen molar-refractivity contribution in [1.82, 2.24) is 5.32 Å². The number of hydrogen-bond donors (Lipinski definition) is 1. The normalized spacial score (nSPS) is 13.6. The quantitative estimate of drug-likeness (QED) is 0.820. The Kier molecular flexibility index (Phi) is 4.11. The average Bonchev–Trinajstić information content (AvgIpc) is 2.15. The summed E-state index contributed by atoms with van der Waals surface area (Å²) in [6.45, 7) is 8.00. The predicted octanol–water partition coefficient (Wildman–Crippen LogP) is 3.30. The molecule has 1 N–H and O–H groups in total. The van der Waals surface area contributed by atoms with Gasteiger partial charge < -0.3 is 5.32 Å². The van der Waals surface area contributed by atoms with Gasteiger partial charge in [0.1, 0.15) is 0 Å². The second-order valence-corrected chi connectivity index (χ2v) is 5.42. The van der Waals surface area contributed by atoms with E-state index in [1.54, 1.807) is 24.3 Å². The molecule has 16 heavy (non-hydrogen) atoms. The molecule has 88 valence electrons. The highest BCUT2D eigenvalue weighted by molar-refractivity contribution is 6.30. The molecule has 1 atom stereocenters. The minimum atomic E-state index is -0.193. The van der Waals surface area contributed by atoms with Crippen molar-refractivity contribution in [3.05, 3.63) is 34.9 Å². The van der Waals surface area contributed by atoms with Gasteiger partial charge in [-0.2, -0.15) is 0 Å². The van der Waals surface area contributed by atoms with Gasteiger partial charge in [-0.1, -0.05) is 11.6 Å². The number of benzene rings is 1. The first-order valence-electron chi connectivity index (χ1n) is 5.37. The molecule has 0 fully saturated rings. The summed E-state index contributed by atoms with van der Waals surface area (Å²) >= 11 is 5.78. The SMILES string of the molecule is C[C@H](NC(C)(C)C)C(=O)c1ccc(Cl)cc1. The van der Waals surface area contributed by atoms with Gasteiger partial charge in [-0.3, -0.25) is 4.79 Å². The number of Topliss-reactive ketones (excluding diaryl/α,β-unsaturated/α-hetero) is 1. The summed E-state index contributed by atoms with van der Waals surface area (Å²) in [5.41, 5.74) is 0.621. The van der Waals surface area contributed by atoms with Gasteiger partial charge in [-0.25, -0.2) is 0 Å². The van der Waals surface area contributed by atoms with Crippen LogP contribution in [0.5, 0.6) is 0 Å². The zero-order valence-corrected chi connectivity index (χ0v) is 10.9. The molecule has 1 rings (SSSR count). The van der Waals surface area contributed by atoms with Crippen molar-refractivity contribution in [3.8, 4) is 0 Å². The Morgan fingerprint density at radius 2 is 1.75 bits per heavy atom. The van der Waals surface area contributed by atoms with Gasteiger partial charge in [0.05, 0.1) is 6.04 Å². The van der Waals surface area contributed by atoms with Crippen molar-refractivity contribution >= 4 is 17.4 Å². The molecular weight excluding hydrogens is 222 g/mol. The van der Waals surface area contributed by atoms with Crippen molar-refractivity contribution in [2.75, 3.05) is 0 Å². The van der Waals surface area contributed by atoms with Crippen LogP contribution in [0.25, 0.3) is 0 Å². The maximum Gasteiger partial charge on any atom is 0.179 e. The van der Waals surface area contributed by atoms with Crippen molar-refractivity contribution in [2.45, 2.75) is 39.3 Å². The monoisotopic (exact) mass is 239 g/mol. The van der Waals surface area contributed by atoms with Gasteiger partial charge in [-0.15, -0.1) is 0 Å². The van der Waals surface area contributed by atoms with E-state index in [0.29, 0.717) is 10.6 Å². The van der Waals surface area contributed by atoms with Crippen molar-refractivity contribution in [2.24, 2.45) is 0 Å². The molecule has 0 radical (unpaired) electrons. The second kappa shape index (κ2) is 4.98. The second-order valence-electron chi connectivity index (χ2n) is 4.99. The number of nitrogens with one attached hydrogen (secondary N) is 1. The fraction of sp³-hybridized carbons (Fsp3) is 0.462. The van der Waals surface area contributed by atoms with Gasteiger partial charge in [0.25, 0.3) is 0 Å². The molecule has 0 saturated carbocycles. The maximum atomic E-state index is 12.0. The molecular formula is C13H18ClNO. The fourth-order valence-electron chi connectivity index (χ4n) is 1.58. The predicted molar refractivity (Wildman–Crippen MR) is 68.1 cm³/mol.